The number of benzene rings is 2. The van der Waals surface area contributed by atoms with Gasteiger partial charge in [0, 0.05) is 6.04 Å². The number of aryl methyl sites for hydroxylation is 1. The highest BCUT2D eigenvalue weighted by Gasteiger charge is 2.07. The maximum absolute atomic E-state index is 13.1. The molecule has 0 saturated carbocycles. The standard InChI is InChI=1S/C16H17ClFN/c1-11-6-7-15(17)16(8-11)19-12(2)9-13-4-3-5-14(18)10-13/h3-8,10,12,19H,9H2,1-2H3. The van der Waals surface area contributed by atoms with E-state index in [2.05, 4.69) is 12.2 Å². The topological polar surface area (TPSA) is 12.0 Å². The molecule has 19 heavy (non-hydrogen) atoms. The van der Waals surface area contributed by atoms with Crippen molar-refractivity contribution in [3.8, 4) is 0 Å². The summed E-state index contributed by atoms with van der Waals surface area (Å²) in [5, 5.41) is 4.07. The molecule has 1 N–H and O–H groups in total. The van der Waals surface area contributed by atoms with Gasteiger partial charge in [-0.1, -0.05) is 29.8 Å². The van der Waals surface area contributed by atoms with Gasteiger partial charge in [0.05, 0.1) is 10.7 Å². The second-order valence-electron chi connectivity index (χ2n) is 4.86. The van der Waals surface area contributed by atoms with Crippen molar-refractivity contribution >= 4 is 17.3 Å². The van der Waals surface area contributed by atoms with Crippen LogP contribution in [0, 0.1) is 12.7 Å². The fourth-order valence-electron chi connectivity index (χ4n) is 2.08. The van der Waals surface area contributed by atoms with Crippen LogP contribution in [0.4, 0.5) is 10.1 Å². The van der Waals surface area contributed by atoms with Crippen molar-refractivity contribution in [1.82, 2.24) is 0 Å². The highest BCUT2D eigenvalue weighted by molar-refractivity contribution is 6.33. The van der Waals surface area contributed by atoms with Gasteiger partial charge in [0.1, 0.15) is 5.82 Å². The van der Waals surface area contributed by atoms with E-state index < -0.39 is 0 Å². The maximum Gasteiger partial charge on any atom is 0.123 e. The predicted molar refractivity (Wildman–Crippen MR) is 79.4 cm³/mol. The van der Waals surface area contributed by atoms with Crippen molar-refractivity contribution in [1.29, 1.82) is 0 Å². The van der Waals surface area contributed by atoms with Crippen LogP contribution in [0.1, 0.15) is 18.1 Å². The second kappa shape index (κ2) is 6.07. The van der Waals surface area contributed by atoms with Crippen LogP contribution in [0.2, 0.25) is 5.02 Å². The molecule has 2 aromatic carbocycles. The zero-order valence-corrected chi connectivity index (χ0v) is 11.8. The third-order valence-electron chi connectivity index (χ3n) is 2.95. The largest absolute Gasteiger partial charge is 0.381 e. The maximum atomic E-state index is 13.1. The molecule has 0 fully saturated rings. The van der Waals surface area contributed by atoms with Crippen molar-refractivity contribution in [3.63, 3.8) is 0 Å². The van der Waals surface area contributed by atoms with Gasteiger partial charge in [-0.2, -0.15) is 0 Å². The molecule has 0 bridgehead atoms. The summed E-state index contributed by atoms with van der Waals surface area (Å²) in [6.07, 6.45) is 0.752. The number of hydrogen-bond acceptors (Lipinski definition) is 1. The lowest BCUT2D eigenvalue weighted by Gasteiger charge is -2.17. The molecular weight excluding hydrogens is 261 g/mol. The van der Waals surface area contributed by atoms with E-state index in [-0.39, 0.29) is 11.9 Å². The molecule has 1 unspecified atom stereocenters. The fourth-order valence-corrected chi connectivity index (χ4v) is 2.26. The summed E-state index contributed by atoms with van der Waals surface area (Å²) in [7, 11) is 0. The predicted octanol–water partition coefficient (Wildman–Crippen LogP) is 4.83. The van der Waals surface area contributed by atoms with Gasteiger partial charge < -0.3 is 5.32 Å². The van der Waals surface area contributed by atoms with E-state index in [9.17, 15) is 4.39 Å². The molecule has 0 aliphatic carbocycles. The first-order chi connectivity index (χ1) is 9.04. The van der Waals surface area contributed by atoms with Gasteiger partial charge >= 0.3 is 0 Å². The van der Waals surface area contributed by atoms with Gasteiger partial charge in [-0.3, -0.25) is 0 Å². The molecular formula is C16H17ClFN. The van der Waals surface area contributed by atoms with Gasteiger partial charge in [0.15, 0.2) is 0 Å². The van der Waals surface area contributed by atoms with Gasteiger partial charge in [-0.05, 0) is 55.7 Å². The molecule has 1 nitrogen and oxygen atoms in total. The summed E-state index contributed by atoms with van der Waals surface area (Å²) in [5.74, 6) is -0.196. The van der Waals surface area contributed by atoms with Gasteiger partial charge in [-0.15, -0.1) is 0 Å². The molecule has 0 saturated heterocycles. The lowest BCUT2D eigenvalue weighted by atomic mass is 10.1. The number of halogens is 2. The number of nitrogens with one attached hydrogen (secondary N) is 1. The van der Waals surface area contributed by atoms with Crippen molar-refractivity contribution in [3.05, 3.63) is 64.4 Å². The molecule has 0 heterocycles. The Labute approximate surface area is 118 Å². The Morgan fingerprint density at radius 3 is 2.74 bits per heavy atom. The van der Waals surface area contributed by atoms with E-state index in [1.54, 1.807) is 12.1 Å². The Morgan fingerprint density at radius 2 is 2.00 bits per heavy atom. The lowest BCUT2D eigenvalue weighted by molar-refractivity contribution is 0.624. The van der Waals surface area contributed by atoms with E-state index >= 15 is 0 Å². The average Bonchev–Trinajstić information content (AvgIpc) is 2.34. The van der Waals surface area contributed by atoms with Crippen LogP contribution in [0.25, 0.3) is 0 Å². The highest BCUT2D eigenvalue weighted by atomic mass is 35.5. The zero-order chi connectivity index (χ0) is 13.8. The van der Waals surface area contributed by atoms with E-state index in [0.717, 1.165) is 23.2 Å². The van der Waals surface area contributed by atoms with Crippen LogP contribution in [-0.2, 0) is 6.42 Å². The molecule has 100 valence electrons. The van der Waals surface area contributed by atoms with Crippen LogP contribution in [0.3, 0.4) is 0 Å². The third kappa shape index (κ3) is 3.97. The Hall–Kier alpha value is -1.54. The van der Waals surface area contributed by atoms with Crippen LogP contribution < -0.4 is 5.32 Å². The van der Waals surface area contributed by atoms with Crippen LogP contribution >= 0.6 is 11.6 Å². The summed E-state index contributed by atoms with van der Waals surface area (Å²) in [4.78, 5) is 0. The average molecular weight is 278 g/mol. The second-order valence-corrected chi connectivity index (χ2v) is 5.27. The number of anilines is 1. The number of hydrogen-bond donors (Lipinski definition) is 1. The first-order valence-corrected chi connectivity index (χ1v) is 6.69. The Morgan fingerprint density at radius 1 is 1.21 bits per heavy atom. The first-order valence-electron chi connectivity index (χ1n) is 6.32. The zero-order valence-electron chi connectivity index (χ0n) is 11.1. The van der Waals surface area contributed by atoms with E-state index in [0.29, 0.717) is 5.02 Å². The smallest absolute Gasteiger partial charge is 0.123 e. The third-order valence-corrected chi connectivity index (χ3v) is 3.28. The fraction of sp³-hybridized carbons (Fsp3) is 0.250. The van der Waals surface area contributed by atoms with Crippen molar-refractivity contribution in [2.75, 3.05) is 5.32 Å². The molecule has 0 aliphatic rings. The first kappa shape index (κ1) is 13.9. The Balaban J connectivity index is 2.05. The highest BCUT2D eigenvalue weighted by Crippen LogP contribution is 2.24. The van der Waals surface area contributed by atoms with Crippen molar-refractivity contribution in [2.24, 2.45) is 0 Å². The molecule has 0 aromatic heterocycles. The van der Waals surface area contributed by atoms with Crippen LogP contribution in [0.5, 0.6) is 0 Å². The quantitative estimate of drug-likeness (QED) is 0.844. The minimum Gasteiger partial charge on any atom is -0.381 e. The van der Waals surface area contributed by atoms with Crippen molar-refractivity contribution < 1.29 is 4.39 Å². The van der Waals surface area contributed by atoms with Crippen molar-refractivity contribution in [2.45, 2.75) is 26.3 Å². The lowest BCUT2D eigenvalue weighted by Crippen LogP contribution is -2.18. The van der Waals surface area contributed by atoms with Gasteiger partial charge in [0.2, 0.25) is 0 Å². The summed E-state index contributed by atoms with van der Waals surface area (Å²) >= 11 is 6.15. The molecule has 2 aromatic rings. The van der Waals surface area contributed by atoms with E-state index in [1.807, 2.05) is 31.2 Å². The molecule has 0 amide bonds. The molecule has 0 spiro atoms. The minimum atomic E-state index is -0.196. The van der Waals surface area contributed by atoms with Gasteiger partial charge in [0.25, 0.3) is 0 Å². The van der Waals surface area contributed by atoms with Crippen LogP contribution in [0.15, 0.2) is 42.5 Å². The normalized spacial score (nSPS) is 12.2. The minimum absolute atomic E-state index is 0.182. The summed E-state index contributed by atoms with van der Waals surface area (Å²) in [6.45, 7) is 4.09. The SMILES string of the molecule is Cc1ccc(Cl)c(NC(C)Cc2cccc(F)c2)c1. The Bertz CT molecular complexity index is 568. The molecule has 3 heteroatoms. The molecule has 1 atom stereocenters. The van der Waals surface area contributed by atoms with E-state index in [4.69, 9.17) is 11.6 Å². The molecule has 0 aliphatic heterocycles. The summed E-state index contributed by atoms with van der Waals surface area (Å²) in [5.41, 5.74) is 3.05. The summed E-state index contributed by atoms with van der Waals surface area (Å²) in [6, 6.07) is 12.7. The number of rotatable bonds is 4. The Kier molecular flexibility index (Phi) is 4.43. The molecule has 2 rings (SSSR count). The van der Waals surface area contributed by atoms with E-state index in [1.165, 1.54) is 6.07 Å². The van der Waals surface area contributed by atoms with Gasteiger partial charge in [-0.25, -0.2) is 4.39 Å². The summed E-state index contributed by atoms with van der Waals surface area (Å²) < 4.78 is 13.1. The molecule has 0 radical (unpaired) electrons. The van der Waals surface area contributed by atoms with Crippen LogP contribution in [-0.4, -0.2) is 6.04 Å². The monoisotopic (exact) mass is 277 g/mol.